The average molecular weight is 280 g/mol. The molecular formula is C14H24N4O2. The van der Waals surface area contributed by atoms with Gasteiger partial charge in [-0.2, -0.15) is 4.98 Å². The van der Waals surface area contributed by atoms with Crippen LogP contribution >= 0.6 is 0 Å². The Balaban J connectivity index is 1.91. The van der Waals surface area contributed by atoms with Crippen LogP contribution in [0.2, 0.25) is 0 Å². The highest BCUT2D eigenvalue weighted by Gasteiger charge is 2.25. The number of hydrogen-bond acceptors (Lipinski definition) is 6. The first kappa shape index (κ1) is 14.8. The number of hydrogen-bond donors (Lipinski definition) is 1. The summed E-state index contributed by atoms with van der Waals surface area (Å²) in [7, 11) is 3.74. The second-order valence-electron chi connectivity index (χ2n) is 5.05. The van der Waals surface area contributed by atoms with Crippen LogP contribution in [-0.2, 0) is 0 Å². The molecule has 20 heavy (non-hydrogen) atoms. The smallest absolute Gasteiger partial charge is 0.262 e. The zero-order chi connectivity index (χ0) is 14.4. The molecule has 0 radical (unpaired) electrons. The highest BCUT2D eigenvalue weighted by molar-refractivity contribution is 5.54. The van der Waals surface area contributed by atoms with Gasteiger partial charge in [0, 0.05) is 19.1 Å². The zero-order valence-corrected chi connectivity index (χ0v) is 12.6. The van der Waals surface area contributed by atoms with E-state index < -0.39 is 0 Å². The van der Waals surface area contributed by atoms with Gasteiger partial charge in [0.1, 0.15) is 12.9 Å². The molecule has 0 saturated heterocycles. The molecule has 6 nitrogen and oxygen atoms in total. The minimum Gasteiger partial charge on any atom is -0.489 e. The molecule has 1 aromatic rings. The van der Waals surface area contributed by atoms with Crippen molar-refractivity contribution in [3.8, 4) is 11.6 Å². The van der Waals surface area contributed by atoms with Crippen LogP contribution in [0.25, 0.3) is 0 Å². The van der Waals surface area contributed by atoms with Crippen LogP contribution in [0.1, 0.15) is 26.2 Å². The largest absolute Gasteiger partial charge is 0.489 e. The van der Waals surface area contributed by atoms with Gasteiger partial charge in [-0.25, -0.2) is 4.98 Å². The molecule has 1 saturated carbocycles. The predicted octanol–water partition coefficient (Wildman–Crippen LogP) is 1.78. The van der Waals surface area contributed by atoms with E-state index in [1.54, 1.807) is 7.11 Å². The Bertz CT molecular complexity index is 424. The van der Waals surface area contributed by atoms with Crippen molar-refractivity contribution in [2.75, 3.05) is 39.2 Å². The van der Waals surface area contributed by atoms with E-state index in [1.807, 2.05) is 0 Å². The van der Waals surface area contributed by atoms with Crippen LogP contribution in [0.15, 0.2) is 6.33 Å². The molecule has 1 heterocycles. The van der Waals surface area contributed by atoms with Gasteiger partial charge in [0.2, 0.25) is 5.75 Å². The molecule has 2 rings (SSSR count). The number of nitrogens with one attached hydrogen (secondary N) is 1. The molecule has 112 valence electrons. The van der Waals surface area contributed by atoms with Crippen LogP contribution in [0.3, 0.4) is 0 Å². The van der Waals surface area contributed by atoms with E-state index in [-0.39, 0.29) is 0 Å². The third kappa shape index (κ3) is 3.96. The maximum Gasteiger partial charge on any atom is 0.262 e. The molecule has 0 spiro atoms. The SMILES string of the molecule is CCCNc1ncnc(OCCN(C)C2CC2)c1OC. The van der Waals surface area contributed by atoms with E-state index in [2.05, 4.69) is 34.2 Å². The van der Waals surface area contributed by atoms with Gasteiger partial charge in [0.15, 0.2) is 5.82 Å². The van der Waals surface area contributed by atoms with Crippen molar-refractivity contribution in [2.24, 2.45) is 0 Å². The number of nitrogens with zero attached hydrogens (tertiary/aromatic N) is 3. The summed E-state index contributed by atoms with van der Waals surface area (Å²) in [6, 6.07) is 0.743. The maximum atomic E-state index is 5.74. The Morgan fingerprint density at radius 3 is 2.85 bits per heavy atom. The topological polar surface area (TPSA) is 59.5 Å². The van der Waals surface area contributed by atoms with Crippen molar-refractivity contribution in [2.45, 2.75) is 32.2 Å². The van der Waals surface area contributed by atoms with Crippen molar-refractivity contribution < 1.29 is 9.47 Å². The third-order valence-electron chi connectivity index (χ3n) is 3.37. The molecule has 1 aliphatic rings. The van der Waals surface area contributed by atoms with E-state index in [0.29, 0.717) is 24.1 Å². The summed E-state index contributed by atoms with van der Waals surface area (Å²) >= 11 is 0. The fraction of sp³-hybridized carbons (Fsp3) is 0.714. The highest BCUT2D eigenvalue weighted by atomic mass is 16.5. The lowest BCUT2D eigenvalue weighted by Crippen LogP contribution is -2.26. The molecule has 1 aromatic heterocycles. The predicted molar refractivity (Wildman–Crippen MR) is 78.5 cm³/mol. The number of rotatable bonds is 9. The molecule has 0 bridgehead atoms. The van der Waals surface area contributed by atoms with Crippen molar-refractivity contribution in [1.29, 1.82) is 0 Å². The Morgan fingerprint density at radius 2 is 2.20 bits per heavy atom. The normalized spacial score (nSPS) is 14.4. The second kappa shape index (κ2) is 7.28. The fourth-order valence-corrected chi connectivity index (χ4v) is 2.00. The number of methoxy groups -OCH3 is 1. The summed E-state index contributed by atoms with van der Waals surface area (Å²) in [5, 5.41) is 3.22. The summed E-state index contributed by atoms with van der Waals surface area (Å²) in [6.07, 6.45) is 5.13. The Hall–Kier alpha value is -1.56. The van der Waals surface area contributed by atoms with E-state index in [0.717, 1.165) is 25.6 Å². The fourth-order valence-electron chi connectivity index (χ4n) is 2.00. The Kier molecular flexibility index (Phi) is 5.40. The lowest BCUT2D eigenvalue weighted by molar-refractivity contribution is 0.219. The van der Waals surface area contributed by atoms with Crippen molar-refractivity contribution >= 4 is 5.82 Å². The van der Waals surface area contributed by atoms with Gasteiger partial charge in [-0.3, -0.25) is 0 Å². The summed E-state index contributed by atoms with van der Waals surface area (Å²) < 4.78 is 11.1. The van der Waals surface area contributed by atoms with Crippen molar-refractivity contribution in [3.63, 3.8) is 0 Å². The molecule has 0 aliphatic heterocycles. The summed E-state index contributed by atoms with van der Waals surface area (Å²) in [5.74, 6) is 1.77. The van der Waals surface area contributed by atoms with Gasteiger partial charge in [-0.15, -0.1) is 0 Å². The van der Waals surface area contributed by atoms with E-state index in [1.165, 1.54) is 19.2 Å². The molecular weight excluding hydrogens is 256 g/mol. The first-order chi connectivity index (χ1) is 9.76. The van der Waals surface area contributed by atoms with Gasteiger partial charge >= 0.3 is 0 Å². The lowest BCUT2D eigenvalue weighted by Gasteiger charge is -2.17. The monoisotopic (exact) mass is 280 g/mol. The minimum atomic E-state index is 0.505. The van der Waals surface area contributed by atoms with Crippen molar-refractivity contribution in [1.82, 2.24) is 14.9 Å². The number of likely N-dealkylation sites (N-methyl/N-ethyl adjacent to an activating group) is 1. The van der Waals surface area contributed by atoms with Gasteiger partial charge in [-0.1, -0.05) is 6.92 Å². The van der Waals surface area contributed by atoms with E-state index in [9.17, 15) is 0 Å². The molecule has 1 aliphatic carbocycles. The third-order valence-corrected chi connectivity index (χ3v) is 3.37. The summed E-state index contributed by atoms with van der Waals surface area (Å²) in [6.45, 7) is 4.45. The second-order valence-corrected chi connectivity index (χ2v) is 5.05. The van der Waals surface area contributed by atoms with Gasteiger partial charge < -0.3 is 19.7 Å². The number of ether oxygens (including phenoxy) is 2. The van der Waals surface area contributed by atoms with Crippen LogP contribution in [0.5, 0.6) is 11.6 Å². The van der Waals surface area contributed by atoms with Crippen LogP contribution < -0.4 is 14.8 Å². The standard InChI is InChI=1S/C14H24N4O2/c1-4-7-15-13-12(19-3)14(17-10-16-13)20-9-8-18(2)11-5-6-11/h10-11H,4-9H2,1-3H3,(H,15,16,17). The Morgan fingerprint density at radius 1 is 1.40 bits per heavy atom. The molecule has 0 atom stereocenters. The van der Waals surface area contributed by atoms with Crippen LogP contribution in [-0.4, -0.2) is 54.8 Å². The van der Waals surface area contributed by atoms with Crippen LogP contribution in [0.4, 0.5) is 5.82 Å². The molecule has 1 N–H and O–H groups in total. The van der Waals surface area contributed by atoms with Gasteiger partial charge in [0.25, 0.3) is 5.88 Å². The molecule has 0 aromatic carbocycles. The van der Waals surface area contributed by atoms with Crippen molar-refractivity contribution in [3.05, 3.63) is 6.33 Å². The first-order valence-corrected chi connectivity index (χ1v) is 7.22. The van der Waals surface area contributed by atoms with E-state index in [4.69, 9.17) is 9.47 Å². The lowest BCUT2D eigenvalue weighted by atomic mass is 10.4. The number of aromatic nitrogens is 2. The molecule has 1 fully saturated rings. The van der Waals surface area contributed by atoms with Gasteiger partial charge in [-0.05, 0) is 26.3 Å². The van der Waals surface area contributed by atoms with E-state index >= 15 is 0 Å². The minimum absolute atomic E-state index is 0.505. The van der Waals surface area contributed by atoms with Crippen LogP contribution in [0, 0.1) is 0 Å². The first-order valence-electron chi connectivity index (χ1n) is 7.22. The Labute approximate surface area is 120 Å². The molecule has 0 amide bonds. The summed E-state index contributed by atoms with van der Waals surface area (Å²) in [4.78, 5) is 10.7. The maximum absolute atomic E-state index is 5.74. The molecule has 0 unspecified atom stereocenters. The number of anilines is 1. The highest BCUT2D eigenvalue weighted by Crippen LogP contribution is 2.31. The van der Waals surface area contributed by atoms with Gasteiger partial charge in [0.05, 0.1) is 7.11 Å². The summed E-state index contributed by atoms with van der Waals surface area (Å²) in [5.41, 5.74) is 0. The average Bonchev–Trinajstić information content (AvgIpc) is 3.29. The molecule has 6 heteroatoms. The zero-order valence-electron chi connectivity index (χ0n) is 12.6. The quantitative estimate of drug-likeness (QED) is 0.744.